The fraction of sp³-hybridized carbons (Fsp3) is 0.519. The number of allylic oxidation sites excluding steroid dienone is 12. The van der Waals surface area contributed by atoms with Crippen molar-refractivity contribution >= 4 is 29.7 Å². The Kier molecular flexibility index (Phi) is 5.21. The van der Waals surface area contributed by atoms with Crippen LogP contribution in [0.5, 0.6) is 0 Å². The van der Waals surface area contributed by atoms with Crippen LogP contribution < -0.4 is 10.7 Å². The van der Waals surface area contributed by atoms with Crippen molar-refractivity contribution in [2.75, 3.05) is 0 Å². The zero-order chi connectivity index (χ0) is 39.1. The van der Waals surface area contributed by atoms with E-state index in [1.165, 1.54) is 83.4 Å². The van der Waals surface area contributed by atoms with Gasteiger partial charge in [0.05, 0.1) is 28.2 Å². The Morgan fingerprint density at radius 1 is 0.552 bits per heavy atom. The second-order valence-corrected chi connectivity index (χ2v) is 24.0. The van der Waals surface area contributed by atoms with Crippen molar-refractivity contribution in [3.63, 3.8) is 0 Å². The third kappa shape index (κ3) is 3.22. The highest BCUT2D eigenvalue weighted by Gasteiger charge is 2.74. The van der Waals surface area contributed by atoms with Gasteiger partial charge in [-0.05, 0) is 106 Å². The lowest BCUT2D eigenvalue weighted by atomic mass is 9.56. The highest BCUT2D eigenvalue weighted by molar-refractivity contribution is 6.21. The maximum absolute atomic E-state index is 2.97. The van der Waals surface area contributed by atoms with Crippen LogP contribution in [0.25, 0.3) is 18.2 Å². The van der Waals surface area contributed by atoms with Gasteiger partial charge >= 0.3 is 5.91 Å². The molecule has 12 aliphatic carbocycles. The van der Waals surface area contributed by atoms with Crippen LogP contribution in [0.2, 0.25) is 0 Å². The Morgan fingerprint density at radius 2 is 1.26 bits per heavy atom. The molecule has 0 aromatic carbocycles. The largest absolute Gasteiger partial charge is 0.553 e. The van der Waals surface area contributed by atoms with E-state index in [0.717, 1.165) is 0 Å². The summed E-state index contributed by atoms with van der Waals surface area (Å²) in [4.78, 5) is 0. The maximum atomic E-state index is 2.97. The Labute approximate surface area is 343 Å². The molecule has 292 valence electrons. The highest BCUT2D eigenvalue weighted by Crippen LogP contribution is 2.64. The van der Waals surface area contributed by atoms with Crippen LogP contribution in [0, 0.1) is 45.3 Å². The summed E-state index contributed by atoms with van der Waals surface area (Å²) in [5.41, 5.74) is 21.2. The molecule has 8 unspecified atom stereocenters. The lowest BCUT2D eigenvalue weighted by molar-refractivity contribution is -0.839. The fourth-order valence-corrected chi connectivity index (χ4v) is 17.0. The van der Waals surface area contributed by atoms with E-state index in [9.17, 15) is 0 Å². The molecule has 0 N–H and O–H groups in total. The Morgan fingerprint density at radius 3 is 2.02 bits per heavy atom. The van der Waals surface area contributed by atoms with Crippen LogP contribution in [0.3, 0.4) is 0 Å². The molecule has 4 nitrogen and oxygen atoms in total. The summed E-state index contributed by atoms with van der Waals surface area (Å²) in [6, 6.07) is 0. The number of aromatic nitrogens is 2. The molecule has 5 aliphatic heterocycles. The number of rotatable bonds is 1. The summed E-state index contributed by atoms with van der Waals surface area (Å²) in [7, 11) is 0. The van der Waals surface area contributed by atoms with Crippen LogP contribution in [-0.2, 0) is 5.91 Å². The van der Waals surface area contributed by atoms with Crippen LogP contribution >= 0.6 is 0 Å². The maximum Gasteiger partial charge on any atom is 0.553 e. The molecule has 17 aliphatic rings. The van der Waals surface area contributed by atoms with E-state index in [2.05, 4.69) is 147 Å². The predicted octanol–water partition coefficient (Wildman–Crippen LogP) is 9.78. The van der Waals surface area contributed by atoms with E-state index < -0.39 is 5.91 Å². The van der Waals surface area contributed by atoms with Crippen molar-refractivity contribution < 1.29 is 9.15 Å². The minimum atomic E-state index is -0.624. The molecule has 8 bridgehead atoms. The zero-order valence-corrected chi connectivity index (χ0v) is 36.0. The van der Waals surface area contributed by atoms with Crippen LogP contribution in [0.1, 0.15) is 158 Å². The number of hydrogen-bond donors (Lipinski definition) is 0. The Balaban J connectivity index is 1.17. The van der Waals surface area contributed by atoms with Gasteiger partial charge in [0.25, 0.3) is 0 Å². The standard InChI is InChI=1S/C54H58N4/c1-27-18-38-44-29-11-15-35(51(4,5)24-29)48(44)42-22-43-49-36-17-13-31(26-53(36,8)9)46(49)40-21-39-45-30-12-16-34(52(6,7)25-30)47(45)41-20-37(32-19-28-10-14-33(32)50(2,3)23-28)55(27)54(56(38)42,57(39)41)58(40)43/h10-12,14-16,18-22,28-31,33-36H,13,17,23-26H2,1-9H3/q+2/t28?,29?,30?,31?,33?,34?,35?,36?,54-/m0/s1. The molecular weight excluding hydrogens is 705 g/mol. The summed E-state index contributed by atoms with van der Waals surface area (Å²) < 4.78 is 11.8. The van der Waals surface area contributed by atoms with Crippen molar-refractivity contribution in [3.05, 3.63) is 121 Å². The van der Waals surface area contributed by atoms with Crippen LogP contribution in [-0.4, -0.2) is 29.7 Å². The van der Waals surface area contributed by atoms with Gasteiger partial charge in [0, 0.05) is 65.4 Å². The van der Waals surface area contributed by atoms with Crippen molar-refractivity contribution in [2.24, 2.45) is 45.3 Å². The summed E-state index contributed by atoms with van der Waals surface area (Å²) in [6.45, 7) is 23.0. The molecule has 4 heteroatoms. The van der Waals surface area contributed by atoms with Gasteiger partial charge in [0.1, 0.15) is 0 Å². The first-order chi connectivity index (χ1) is 27.6. The summed E-state index contributed by atoms with van der Waals surface area (Å²) in [5.74, 6) is 3.12. The molecule has 0 saturated heterocycles. The number of nitrogens with zero attached hydrogens (tertiary/aromatic N) is 4. The van der Waals surface area contributed by atoms with Gasteiger partial charge in [-0.2, -0.15) is 9.13 Å². The second kappa shape index (κ2) is 9.25. The lowest BCUT2D eigenvalue weighted by Crippen LogP contribution is -2.70. The van der Waals surface area contributed by atoms with E-state index in [4.69, 9.17) is 0 Å². The normalized spacial score (nSPS) is 39.5. The number of fused-ring (bicyclic) bond motifs is 5. The van der Waals surface area contributed by atoms with Crippen molar-refractivity contribution in [1.29, 1.82) is 0 Å². The zero-order valence-electron chi connectivity index (χ0n) is 36.0. The molecule has 19 rings (SSSR count). The van der Waals surface area contributed by atoms with Gasteiger partial charge in [0.15, 0.2) is 5.70 Å². The molecule has 9 atom stereocenters. The molecule has 0 radical (unpaired) electrons. The average Bonchev–Trinajstić information content (AvgIpc) is 3.80. The van der Waals surface area contributed by atoms with Crippen LogP contribution in [0.15, 0.2) is 76.7 Å². The Bertz CT molecular complexity index is 2960. The highest BCUT2D eigenvalue weighted by atomic mass is 15.6. The second-order valence-electron chi connectivity index (χ2n) is 24.0. The van der Waals surface area contributed by atoms with Gasteiger partial charge in [0.2, 0.25) is 17.1 Å². The van der Waals surface area contributed by atoms with E-state index in [-0.39, 0.29) is 16.2 Å². The van der Waals surface area contributed by atoms with Crippen molar-refractivity contribution in [1.82, 2.24) is 9.13 Å². The minimum Gasteiger partial charge on any atom is -0.199 e. The average molecular weight is 763 g/mol. The van der Waals surface area contributed by atoms with E-state index in [1.54, 1.807) is 39.0 Å². The topological polar surface area (TPSA) is 15.9 Å². The first-order valence-corrected chi connectivity index (χ1v) is 23.2. The summed E-state index contributed by atoms with van der Waals surface area (Å²) in [5, 5.41) is 3.05. The molecule has 7 heterocycles. The minimum absolute atomic E-state index is 0.205. The molecule has 2 aromatic heterocycles. The SMILES string of the molecule is CC1=Cc2c3c(c4n2[C@]25n6c(c7c(c6=C4)C4CCC7CC4(C)C)=CC4=[N+]2C(=CC(C2=CC6C=CC2C(C)(C)C6)=[N+]15)C1=C4C2C=CC1C(C)(C)C2)C1C=CC3CC1(C)C. The van der Waals surface area contributed by atoms with Gasteiger partial charge in [-0.1, -0.05) is 107 Å². The van der Waals surface area contributed by atoms with Gasteiger partial charge in [-0.25, -0.2) is 0 Å². The third-order valence-corrected chi connectivity index (χ3v) is 19.0. The van der Waals surface area contributed by atoms with Crippen molar-refractivity contribution in [3.8, 4) is 0 Å². The lowest BCUT2D eigenvalue weighted by Gasteiger charge is -2.48. The van der Waals surface area contributed by atoms with E-state index >= 15 is 0 Å². The van der Waals surface area contributed by atoms with E-state index in [0.29, 0.717) is 52.8 Å². The third-order valence-electron chi connectivity index (χ3n) is 19.0. The molecule has 0 amide bonds. The monoisotopic (exact) mass is 762 g/mol. The van der Waals surface area contributed by atoms with Gasteiger partial charge < -0.3 is 0 Å². The molecule has 58 heavy (non-hydrogen) atoms. The van der Waals surface area contributed by atoms with Crippen molar-refractivity contribution in [2.45, 2.75) is 130 Å². The summed E-state index contributed by atoms with van der Waals surface area (Å²) >= 11 is 0. The first kappa shape index (κ1) is 32.6. The molecule has 1 saturated carbocycles. The smallest absolute Gasteiger partial charge is 0.199 e. The van der Waals surface area contributed by atoms with Gasteiger partial charge in [-0.3, -0.25) is 0 Å². The predicted molar refractivity (Wildman–Crippen MR) is 232 cm³/mol. The fourth-order valence-electron chi connectivity index (χ4n) is 17.0. The molecule has 1 spiro atoms. The number of hydrogen-bond acceptors (Lipinski definition) is 0. The first-order valence-electron chi connectivity index (χ1n) is 23.2. The molecular formula is C54H58N4+2. The summed E-state index contributed by atoms with van der Waals surface area (Å²) in [6.07, 6.45) is 36.8. The van der Waals surface area contributed by atoms with E-state index in [1.807, 2.05) is 0 Å². The quantitative estimate of drug-likeness (QED) is 0.203. The molecule has 2 aromatic rings. The Hall–Kier alpha value is -4.18. The van der Waals surface area contributed by atoms with Crippen LogP contribution in [0.4, 0.5) is 0 Å². The molecule has 1 fully saturated rings. The van der Waals surface area contributed by atoms with Gasteiger partial charge in [-0.15, -0.1) is 0 Å².